The van der Waals surface area contributed by atoms with Gasteiger partial charge in [-0.2, -0.15) is 0 Å². The summed E-state index contributed by atoms with van der Waals surface area (Å²) in [4.78, 5) is 29.1. The van der Waals surface area contributed by atoms with Crippen LogP contribution in [0.3, 0.4) is 0 Å². The lowest BCUT2D eigenvalue weighted by Crippen LogP contribution is -2.58. The van der Waals surface area contributed by atoms with Crippen molar-refractivity contribution in [1.29, 1.82) is 0 Å². The highest BCUT2D eigenvalue weighted by molar-refractivity contribution is 5.96. The first-order valence-corrected chi connectivity index (χ1v) is 14.2. The number of amides is 1. The molecule has 43 heavy (non-hydrogen) atoms. The van der Waals surface area contributed by atoms with Crippen LogP contribution in [-0.4, -0.2) is 34.8 Å². The average Bonchev–Trinajstić information content (AvgIpc) is 3.03. The topological polar surface area (TPSA) is 64.0 Å². The number of para-hydroxylation sites is 1. The van der Waals surface area contributed by atoms with Crippen molar-refractivity contribution in [2.75, 3.05) is 18.3 Å². The van der Waals surface area contributed by atoms with E-state index in [9.17, 15) is 9.59 Å². The van der Waals surface area contributed by atoms with Crippen molar-refractivity contribution in [3.63, 3.8) is 0 Å². The normalized spacial score (nSPS) is 14.0. The van der Waals surface area contributed by atoms with Crippen LogP contribution in [0.25, 0.3) is 0 Å². The summed E-state index contributed by atoms with van der Waals surface area (Å²) in [5.41, 5.74) is 1.89. The first-order chi connectivity index (χ1) is 21.0. The number of pyridine rings is 1. The van der Waals surface area contributed by atoms with Crippen molar-refractivity contribution in [2.45, 2.75) is 32.0 Å². The second kappa shape index (κ2) is 13.2. The van der Waals surface area contributed by atoms with E-state index in [-0.39, 0.29) is 49.0 Å². The molecule has 3 aromatic carbocycles. The molecule has 0 radical (unpaired) electrons. The van der Waals surface area contributed by atoms with Crippen LogP contribution in [0.2, 0.25) is 0 Å². The van der Waals surface area contributed by atoms with Crippen LogP contribution >= 0.6 is 0 Å². The van der Waals surface area contributed by atoms with Crippen molar-refractivity contribution >= 4 is 5.91 Å². The number of hydrogen-bond donors (Lipinski definition) is 0. The Morgan fingerprint density at radius 2 is 1.63 bits per heavy atom. The Morgan fingerprint density at radius 1 is 0.907 bits per heavy atom. The highest BCUT2D eigenvalue weighted by Crippen LogP contribution is 2.38. The van der Waals surface area contributed by atoms with Gasteiger partial charge in [0.1, 0.15) is 25.9 Å². The Morgan fingerprint density at radius 3 is 2.30 bits per heavy atom. The SMILES string of the molecule is C=CCOc1c(F)cccc1C(c1ccccc1)N1CN(C(C=C)CC)C(=O)c2c(OCc3ccccc3)c(=O)ccn21. The largest absolute Gasteiger partial charge is 0.486 e. The molecule has 7 nitrogen and oxygen atoms in total. The van der Waals surface area contributed by atoms with Crippen molar-refractivity contribution < 1.29 is 18.7 Å². The number of nitrogens with zero attached hydrogens (tertiary/aromatic N) is 3. The smallest absolute Gasteiger partial charge is 0.278 e. The van der Waals surface area contributed by atoms with E-state index in [0.717, 1.165) is 11.1 Å². The van der Waals surface area contributed by atoms with Gasteiger partial charge in [-0.15, -0.1) is 6.58 Å². The Hall–Kier alpha value is -5.11. The van der Waals surface area contributed by atoms with Gasteiger partial charge in [0.15, 0.2) is 23.0 Å². The molecule has 1 aliphatic rings. The zero-order valence-electron chi connectivity index (χ0n) is 24.1. The third-order valence-electron chi connectivity index (χ3n) is 7.44. The average molecular weight is 580 g/mol. The fourth-order valence-electron chi connectivity index (χ4n) is 5.37. The maximum Gasteiger partial charge on any atom is 0.278 e. The van der Waals surface area contributed by atoms with Crippen molar-refractivity contribution in [3.05, 3.63) is 155 Å². The quantitative estimate of drug-likeness (QED) is 0.186. The molecule has 0 fully saturated rings. The van der Waals surface area contributed by atoms with Gasteiger partial charge in [-0.3, -0.25) is 19.3 Å². The van der Waals surface area contributed by atoms with E-state index in [0.29, 0.717) is 12.0 Å². The molecular weight excluding hydrogens is 545 g/mol. The fraction of sp³-hybridized carbons (Fsp3) is 0.200. The second-order valence-electron chi connectivity index (χ2n) is 10.1. The molecule has 5 rings (SSSR count). The molecule has 0 spiro atoms. The maximum atomic E-state index is 15.3. The van der Waals surface area contributed by atoms with Crippen molar-refractivity contribution in [1.82, 2.24) is 9.58 Å². The van der Waals surface area contributed by atoms with E-state index in [2.05, 4.69) is 13.2 Å². The molecule has 0 aliphatic carbocycles. The summed E-state index contributed by atoms with van der Waals surface area (Å²) >= 11 is 0. The summed E-state index contributed by atoms with van der Waals surface area (Å²) in [6.07, 6.45) is 5.44. The summed E-state index contributed by atoms with van der Waals surface area (Å²) in [6.45, 7) is 9.97. The molecule has 1 aliphatic heterocycles. The lowest BCUT2D eigenvalue weighted by Gasteiger charge is -2.46. The van der Waals surface area contributed by atoms with Crippen LogP contribution in [0.5, 0.6) is 11.5 Å². The number of carbonyl (C=O) groups excluding carboxylic acids is 1. The van der Waals surface area contributed by atoms with Crippen LogP contribution in [0, 0.1) is 5.82 Å². The number of benzene rings is 3. The van der Waals surface area contributed by atoms with Crippen molar-refractivity contribution in [2.24, 2.45) is 0 Å². The highest BCUT2D eigenvalue weighted by atomic mass is 19.1. The molecule has 0 saturated carbocycles. The molecule has 2 unspecified atom stereocenters. The van der Waals surface area contributed by atoms with Crippen LogP contribution in [0.4, 0.5) is 4.39 Å². The van der Waals surface area contributed by atoms with E-state index < -0.39 is 17.3 Å². The second-order valence-corrected chi connectivity index (χ2v) is 10.1. The molecule has 0 bridgehead atoms. The summed E-state index contributed by atoms with van der Waals surface area (Å²) in [5.74, 6) is -0.856. The number of hydrogen-bond acceptors (Lipinski definition) is 5. The Kier molecular flexibility index (Phi) is 9.05. The zero-order chi connectivity index (χ0) is 30.3. The number of ether oxygens (including phenoxy) is 2. The minimum Gasteiger partial charge on any atom is -0.486 e. The lowest BCUT2D eigenvalue weighted by atomic mass is 9.96. The van der Waals surface area contributed by atoms with Crippen LogP contribution in [0.15, 0.2) is 121 Å². The summed E-state index contributed by atoms with van der Waals surface area (Å²) in [6, 6.07) is 24.2. The standard InChI is InChI=1S/C35H34FN3O4/c1-4-22-42-33-28(18-13-19-29(33)36)31(26-16-11-8-12-17-26)39-24-37(27(5-2)6-3)35(41)32-34(30(40)20-21-38(32)39)43-23-25-14-9-7-10-15-25/h4-5,7-21,27,31H,1-2,6,22-24H2,3H3. The minimum atomic E-state index is -0.627. The number of aromatic nitrogens is 1. The van der Waals surface area contributed by atoms with Crippen LogP contribution < -0.4 is 19.9 Å². The monoisotopic (exact) mass is 579 g/mol. The summed E-state index contributed by atoms with van der Waals surface area (Å²) in [7, 11) is 0. The Balaban J connectivity index is 1.73. The number of carbonyl (C=O) groups is 1. The molecule has 2 heterocycles. The van der Waals surface area contributed by atoms with Gasteiger partial charge in [0.25, 0.3) is 5.91 Å². The van der Waals surface area contributed by atoms with Crippen LogP contribution in [0.1, 0.15) is 46.6 Å². The number of rotatable bonds is 12. The van der Waals surface area contributed by atoms with E-state index in [4.69, 9.17) is 9.47 Å². The van der Waals surface area contributed by atoms with Crippen molar-refractivity contribution in [3.8, 4) is 11.5 Å². The van der Waals surface area contributed by atoms with Gasteiger partial charge in [-0.05, 0) is 23.6 Å². The van der Waals surface area contributed by atoms with Crippen LogP contribution in [-0.2, 0) is 6.61 Å². The molecular formula is C35H34FN3O4. The molecule has 2 atom stereocenters. The molecule has 8 heteroatoms. The molecule has 1 aromatic heterocycles. The number of halogens is 1. The third kappa shape index (κ3) is 5.95. The third-order valence-corrected chi connectivity index (χ3v) is 7.44. The number of fused-ring (bicyclic) bond motifs is 1. The predicted molar refractivity (Wildman–Crippen MR) is 165 cm³/mol. The van der Waals surface area contributed by atoms with Gasteiger partial charge in [0.05, 0.1) is 6.04 Å². The summed E-state index contributed by atoms with van der Waals surface area (Å²) in [5, 5.41) is 1.92. The molecule has 0 N–H and O–H groups in total. The van der Waals surface area contributed by atoms with Gasteiger partial charge < -0.3 is 14.4 Å². The predicted octanol–water partition coefficient (Wildman–Crippen LogP) is 6.24. The zero-order valence-corrected chi connectivity index (χ0v) is 24.1. The van der Waals surface area contributed by atoms with Gasteiger partial charge in [-0.1, -0.05) is 98.5 Å². The molecule has 1 amide bonds. The van der Waals surface area contributed by atoms with E-state index in [1.165, 1.54) is 12.1 Å². The first-order valence-electron chi connectivity index (χ1n) is 14.2. The Labute approximate surface area is 250 Å². The first kappa shape index (κ1) is 29.4. The fourth-order valence-corrected chi connectivity index (χ4v) is 5.37. The van der Waals surface area contributed by atoms with E-state index in [1.807, 2.05) is 72.6 Å². The van der Waals surface area contributed by atoms with Gasteiger partial charge in [0, 0.05) is 17.8 Å². The highest BCUT2D eigenvalue weighted by Gasteiger charge is 2.39. The summed E-state index contributed by atoms with van der Waals surface area (Å²) < 4.78 is 29.0. The lowest BCUT2D eigenvalue weighted by molar-refractivity contribution is 0.0622. The van der Waals surface area contributed by atoms with E-state index in [1.54, 1.807) is 40.1 Å². The van der Waals surface area contributed by atoms with Gasteiger partial charge >= 0.3 is 0 Å². The molecule has 220 valence electrons. The molecule has 0 saturated heterocycles. The molecule has 4 aromatic rings. The van der Waals surface area contributed by atoms with Gasteiger partial charge in [-0.25, -0.2) is 4.39 Å². The van der Waals surface area contributed by atoms with E-state index >= 15 is 4.39 Å². The Bertz CT molecular complexity index is 1660. The maximum absolute atomic E-state index is 15.3. The van der Waals surface area contributed by atoms with Gasteiger partial charge in [0.2, 0.25) is 5.43 Å². The minimum absolute atomic E-state index is 0.0563.